The number of aryl methyl sites for hydroxylation is 1. The minimum atomic E-state index is 0. The molecule has 2 atom stereocenters. The topological polar surface area (TPSA) is 3.88 Å². The fraction of sp³-hybridized carbons (Fsp3) is 0.676. The Labute approximate surface area is 230 Å². The lowest BCUT2D eigenvalue weighted by atomic mass is 9.92. The number of nitrogens with zero attached hydrogens (tertiary/aromatic N) is 1. The Morgan fingerprint density at radius 3 is 1.67 bits per heavy atom. The lowest BCUT2D eigenvalue weighted by Crippen LogP contribution is -3.00. The minimum absolute atomic E-state index is 0. The molecule has 0 aliphatic carbocycles. The van der Waals surface area contributed by atoms with Crippen molar-refractivity contribution >= 4 is 0 Å². The Morgan fingerprint density at radius 2 is 1.08 bits per heavy atom. The van der Waals surface area contributed by atoms with Crippen LogP contribution >= 0.6 is 0 Å². The van der Waals surface area contributed by atoms with Crippen LogP contribution in [-0.2, 0) is 6.42 Å². The normalized spacial score (nSPS) is 12.7. The molecule has 1 aromatic heterocycles. The maximum atomic E-state index is 2.49. The van der Waals surface area contributed by atoms with Crippen LogP contribution in [-0.4, -0.2) is 0 Å². The highest BCUT2D eigenvalue weighted by atomic mass is 35.5. The summed E-state index contributed by atoms with van der Waals surface area (Å²) in [6.45, 7) is 4.78. The van der Waals surface area contributed by atoms with Crippen molar-refractivity contribution in [3.05, 3.63) is 66.5 Å². The molecule has 0 aliphatic heterocycles. The maximum Gasteiger partial charge on any atom is 0.169 e. The van der Waals surface area contributed by atoms with E-state index >= 15 is 0 Å². The van der Waals surface area contributed by atoms with Gasteiger partial charge in [-0.25, -0.2) is 4.57 Å². The lowest BCUT2D eigenvalue weighted by Gasteiger charge is -2.17. The first-order valence-corrected chi connectivity index (χ1v) is 15.3. The van der Waals surface area contributed by atoms with E-state index in [1.54, 1.807) is 0 Å². The second-order valence-corrected chi connectivity index (χ2v) is 11.1. The van der Waals surface area contributed by atoms with E-state index < -0.39 is 0 Å². The SMILES string of the molecule is CCCCCCCCCCCCCCCC(CC(C)CCCCc1ccccc1)[n+]1ccccc1.[Cl-]. The molecular formula is C34H56ClN. The summed E-state index contributed by atoms with van der Waals surface area (Å²) in [7, 11) is 0. The summed E-state index contributed by atoms with van der Waals surface area (Å²) in [5, 5.41) is 0. The summed E-state index contributed by atoms with van der Waals surface area (Å²) >= 11 is 0. The molecule has 2 aromatic rings. The molecule has 0 N–H and O–H groups in total. The number of aromatic nitrogens is 1. The second-order valence-electron chi connectivity index (χ2n) is 11.1. The lowest BCUT2D eigenvalue weighted by molar-refractivity contribution is -0.725. The third kappa shape index (κ3) is 16.4. The Morgan fingerprint density at radius 1 is 0.583 bits per heavy atom. The predicted molar refractivity (Wildman–Crippen MR) is 154 cm³/mol. The van der Waals surface area contributed by atoms with E-state index in [4.69, 9.17) is 0 Å². The van der Waals surface area contributed by atoms with Crippen LogP contribution < -0.4 is 17.0 Å². The first-order valence-electron chi connectivity index (χ1n) is 15.3. The zero-order valence-corrected chi connectivity index (χ0v) is 24.4. The molecule has 0 saturated heterocycles. The highest BCUT2D eigenvalue weighted by Gasteiger charge is 2.20. The van der Waals surface area contributed by atoms with Crippen molar-refractivity contribution in [2.24, 2.45) is 5.92 Å². The Bertz CT molecular complexity index is 702. The van der Waals surface area contributed by atoms with Gasteiger partial charge in [-0.15, -0.1) is 0 Å². The quantitative estimate of drug-likeness (QED) is 0.114. The zero-order chi connectivity index (χ0) is 24.8. The van der Waals surface area contributed by atoms with Crippen LogP contribution in [0.5, 0.6) is 0 Å². The van der Waals surface area contributed by atoms with E-state index in [0.717, 1.165) is 5.92 Å². The molecular weight excluding hydrogens is 458 g/mol. The zero-order valence-electron chi connectivity index (χ0n) is 23.7. The molecule has 0 fully saturated rings. The summed E-state index contributed by atoms with van der Waals surface area (Å²) in [4.78, 5) is 0. The van der Waals surface area contributed by atoms with Crippen LogP contribution in [0.25, 0.3) is 0 Å². The number of benzene rings is 1. The monoisotopic (exact) mass is 513 g/mol. The smallest absolute Gasteiger partial charge is 0.169 e. The molecule has 0 aliphatic rings. The van der Waals surface area contributed by atoms with Gasteiger partial charge >= 0.3 is 0 Å². The third-order valence-corrected chi connectivity index (χ3v) is 7.73. The number of hydrogen-bond acceptors (Lipinski definition) is 0. The van der Waals surface area contributed by atoms with E-state index in [1.807, 2.05) is 0 Å². The van der Waals surface area contributed by atoms with E-state index in [0.29, 0.717) is 6.04 Å². The highest BCUT2D eigenvalue weighted by molar-refractivity contribution is 5.14. The highest BCUT2D eigenvalue weighted by Crippen LogP contribution is 2.24. The molecule has 0 saturated carbocycles. The van der Waals surface area contributed by atoms with Crippen molar-refractivity contribution in [2.75, 3.05) is 0 Å². The largest absolute Gasteiger partial charge is 1.00 e. The van der Waals surface area contributed by atoms with Gasteiger partial charge in [-0.1, -0.05) is 140 Å². The first-order chi connectivity index (χ1) is 17.3. The van der Waals surface area contributed by atoms with Crippen molar-refractivity contribution in [3.8, 4) is 0 Å². The molecule has 1 nitrogen and oxygen atoms in total. The van der Waals surface area contributed by atoms with E-state index in [2.05, 4.69) is 79.3 Å². The molecule has 2 unspecified atom stereocenters. The molecule has 1 aromatic carbocycles. The first kappa shape index (κ1) is 32.7. The Balaban J connectivity index is 0.00000648. The fourth-order valence-electron chi connectivity index (χ4n) is 5.49. The summed E-state index contributed by atoms with van der Waals surface area (Å²) in [6, 6.07) is 18.2. The Hall–Kier alpha value is -1.34. The van der Waals surface area contributed by atoms with Crippen LogP contribution in [0, 0.1) is 5.92 Å². The average Bonchev–Trinajstić information content (AvgIpc) is 2.89. The van der Waals surface area contributed by atoms with Gasteiger partial charge in [-0.3, -0.25) is 0 Å². The van der Waals surface area contributed by atoms with Crippen molar-refractivity contribution in [2.45, 2.75) is 142 Å². The standard InChI is InChI=1S/C34H56N.ClH/c1-3-4-5-6-7-8-9-10-11-12-13-14-19-28-34(35-29-22-16-23-30-35)31-32(2)24-20-21-27-33-25-17-15-18-26-33;/h15-18,22-23,25-26,29-30,32,34H,3-14,19-21,24,27-28,31H2,1-2H3;1H/q+1;/p-1. The molecule has 36 heavy (non-hydrogen) atoms. The van der Waals surface area contributed by atoms with Crippen LogP contribution in [0.3, 0.4) is 0 Å². The average molecular weight is 514 g/mol. The number of unbranched alkanes of at least 4 members (excludes halogenated alkanes) is 13. The molecule has 0 radical (unpaired) electrons. The fourth-order valence-corrected chi connectivity index (χ4v) is 5.49. The van der Waals surface area contributed by atoms with Gasteiger partial charge in [-0.05, 0) is 30.7 Å². The summed E-state index contributed by atoms with van der Waals surface area (Å²) in [5.74, 6) is 0.797. The van der Waals surface area contributed by atoms with Crippen molar-refractivity contribution in [3.63, 3.8) is 0 Å². The second kappa shape index (κ2) is 22.8. The predicted octanol–water partition coefficient (Wildman–Crippen LogP) is 7.44. The molecule has 1 heterocycles. The van der Waals surface area contributed by atoms with Crippen LogP contribution in [0.4, 0.5) is 0 Å². The number of halogens is 1. The van der Waals surface area contributed by atoms with Gasteiger partial charge in [-0.2, -0.15) is 0 Å². The van der Waals surface area contributed by atoms with Gasteiger partial charge in [0.15, 0.2) is 18.4 Å². The van der Waals surface area contributed by atoms with Gasteiger partial charge in [0.2, 0.25) is 0 Å². The molecule has 0 bridgehead atoms. The summed E-state index contributed by atoms with van der Waals surface area (Å²) < 4.78 is 2.49. The van der Waals surface area contributed by atoms with Gasteiger partial charge < -0.3 is 12.4 Å². The number of hydrogen-bond donors (Lipinski definition) is 0. The van der Waals surface area contributed by atoms with Crippen LogP contribution in [0.15, 0.2) is 60.9 Å². The van der Waals surface area contributed by atoms with Gasteiger partial charge in [0.1, 0.15) is 0 Å². The maximum absolute atomic E-state index is 2.49. The van der Waals surface area contributed by atoms with Gasteiger partial charge in [0, 0.05) is 25.0 Å². The molecule has 0 amide bonds. The van der Waals surface area contributed by atoms with E-state index in [9.17, 15) is 0 Å². The van der Waals surface area contributed by atoms with E-state index in [1.165, 1.54) is 128 Å². The minimum Gasteiger partial charge on any atom is -1.00 e. The molecule has 2 rings (SSSR count). The number of rotatable bonds is 22. The third-order valence-electron chi connectivity index (χ3n) is 7.73. The van der Waals surface area contributed by atoms with E-state index in [-0.39, 0.29) is 12.4 Å². The van der Waals surface area contributed by atoms with Crippen LogP contribution in [0.1, 0.15) is 141 Å². The van der Waals surface area contributed by atoms with Gasteiger partial charge in [0.25, 0.3) is 0 Å². The Kier molecular flexibility index (Phi) is 20.7. The summed E-state index contributed by atoms with van der Waals surface area (Å²) in [6.07, 6.45) is 31.1. The van der Waals surface area contributed by atoms with Crippen molar-refractivity contribution in [1.29, 1.82) is 0 Å². The van der Waals surface area contributed by atoms with Crippen molar-refractivity contribution < 1.29 is 17.0 Å². The van der Waals surface area contributed by atoms with Crippen LogP contribution in [0.2, 0.25) is 0 Å². The molecule has 0 spiro atoms. The number of pyridine rings is 1. The summed E-state index contributed by atoms with van der Waals surface area (Å²) in [5.41, 5.74) is 1.49. The van der Waals surface area contributed by atoms with Crippen molar-refractivity contribution in [1.82, 2.24) is 0 Å². The van der Waals surface area contributed by atoms with Gasteiger partial charge in [0.05, 0.1) is 0 Å². The molecule has 2 heteroatoms. The molecule has 204 valence electrons.